The Hall–Kier alpha value is -2.55. The van der Waals surface area contributed by atoms with Crippen molar-refractivity contribution < 1.29 is 13.2 Å². The largest absolute Gasteiger partial charge is 0.267 e. The summed E-state index contributed by atoms with van der Waals surface area (Å²) in [5.41, 5.74) is 3.90. The first-order valence-electron chi connectivity index (χ1n) is 8.78. The van der Waals surface area contributed by atoms with E-state index in [1.165, 1.54) is 18.6 Å². The van der Waals surface area contributed by atoms with E-state index in [1.807, 2.05) is 12.1 Å². The van der Waals surface area contributed by atoms with E-state index in [1.54, 1.807) is 18.2 Å². The van der Waals surface area contributed by atoms with Gasteiger partial charge in [-0.3, -0.25) is 0 Å². The van der Waals surface area contributed by atoms with Crippen molar-refractivity contribution in [2.45, 2.75) is 33.1 Å². The molecule has 0 fully saturated rings. The molecule has 3 rings (SSSR count). The fraction of sp³-hybridized carbons (Fsp3) is 0.217. The van der Waals surface area contributed by atoms with Crippen molar-refractivity contribution in [1.29, 1.82) is 0 Å². The highest BCUT2D eigenvalue weighted by atomic mass is 19.3. The zero-order valence-electron chi connectivity index (χ0n) is 14.9. The molecule has 3 aromatic rings. The summed E-state index contributed by atoms with van der Waals surface area (Å²) in [7, 11) is 0. The summed E-state index contributed by atoms with van der Waals surface area (Å²) in [6.07, 6.45) is -0.696. The zero-order chi connectivity index (χ0) is 18.7. The lowest BCUT2D eigenvalue weighted by molar-refractivity contribution is 0.147. The zero-order valence-corrected chi connectivity index (χ0v) is 14.9. The lowest BCUT2D eigenvalue weighted by Crippen LogP contribution is -1.98. The Labute approximate surface area is 152 Å². The molecule has 0 saturated heterocycles. The van der Waals surface area contributed by atoms with E-state index in [0.29, 0.717) is 5.56 Å². The Morgan fingerprint density at radius 3 is 1.85 bits per heavy atom. The summed E-state index contributed by atoms with van der Waals surface area (Å²) in [4.78, 5) is 0. The summed E-state index contributed by atoms with van der Waals surface area (Å²) in [6, 6.07) is 18.8. The van der Waals surface area contributed by atoms with Gasteiger partial charge in [-0.15, -0.1) is 0 Å². The molecule has 0 atom stereocenters. The quantitative estimate of drug-likeness (QED) is 0.449. The predicted molar refractivity (Wildman–Crippen MR) is 101 cm³/mol. The third kappa shape index (κ3) is 3.67. The molecule has 0 aliphatic rings. The molecule has 3 heteroatoms. The van der Waals surface area contributed by atoms with Crippen molar-refractivity contribution in [1.82, 2.24) is 0 Å². The standard InChI is InChI=1S/C23H21F3/c1-3-4-16-6-8-17(9-7-16)18-10-12-19(13-11-18)20-14-5-15(2)22(24)21(20)23(25)26/h5-14,23H,3-4H2,1-2H3. The first-order chi connectivity index (χ1) is 12.5. The van der Waals surface area contributed by atoms with Crippen LogP contribution < -0.4 is 0 Å². The second-order valence-electron chi connectivity index (χ2n) is 6.48. The van der Waals surface area contributed by atoms with Crippen LogP contribution in [0.1, 0.15) is 36.5 Å². The molecule has 0 N–H and O–H groups in total. The minimum absolute atomic E-state index is 0.229. The highest BCUT2D eigenvalue weighted by Crippen LogP contribution is 2.35. The number of benzene rings is 3. The SMILES string of the molecule is CCCc1ccc(-c2ccc(-c3ccc(C)c(F)c3C(F)F)cc2)cc1. The summed E-state index contributed by atoms with van der Waals surface area (Å²) in [5.74, 6) is -0.826. The topological polar surface area (TPSA) is 0 Å². The lowest BCUT2D eigenvalue weighted by atomic mass is 9.95. The van der Waals surface area contributed by atoms with Gasteiger partial charge in [0.15, 0.2) is 0 Å². The van der Waals surface area contributed by atoms with Crippen molar-refractivity contribution in [3.63, 3.8) is 0 Å². The molecule has 0 aromatic heterocycles. The van der Waals surface area contributed by atoms with Crippen molar-refractivity contribution in [2.75, 3.05) is 0 Å². The molecule has 0 bridgehead atoms. The van der Waals surface area contributed by atoms with Crippen molar-refractivity contribution in [3.05, 3.63) is 83.2 Å². The van der Waals surface area contributed by atoms with E-state index < -0.39 is 17.8 Å². The molecule has 0 nitrogen and oxygen atoms in total. The van der Waals surface area contributed by atoms with Crippen LogP contribution in [-0.2, 0) is 6.42 Å². The van der Waals surface area contributed by atoms with Gasteiger partial charge in [0, 0.05) is 0 Å². The number of halogens is 3. The van der Waals surface area contributed by atoms with Gasteiger partial charge in [0.05, 0.1) is 5.56 Å². The van der Waals surface area contributed by atoms with Crippen molar-refractivity contribution in [2.24, 2.45) is 0 Å². The van der Waals surface area contributed by atoms with Crippen LogP contribution in [0.3, 0.4) is 0 Å². The summed E-state index contributed by atoms with van der Waals surface area (Å²) >= 11 is 0. The number of hydrogen-bond donors (Lipinski definition) is 0. The van der Waals surface area contributed by atoms with Crippen LogP contribution in [0.25, 0.3) is 22.3 Å². The number of hydrogen-bond acceptors (Lipinski definition) is 0. The maximum atomic E-state index is 14.2. The van der Waals surface area contributed by atoms with E-state index in [-0.39, 0.29) is 11.1 Å². The van der Waals surface area contributed by atoms with Gasteiger partial charge in [-0.25, -0.2) is 13.2 Å². The maximum Gasteiger partial charge on any atom is 0.267 e. The average Bonchev–Trinajstić information content (AvgIpc) is 2.64. The predicted octanol–water partition coefficient (Wildman–Crippen LogP) is 7.36. The van der Waals surface area contributed by atoms with E-state index in [2.05, 4.69) is 31.2 Å². The Morgan fingerprint density at radius 1 is 0.769 bits per heavy atom. The van der Waals surface area contributed by atoms with Gasteiger partial charge in [-0.2, -0.15) is 0 Å². The third-order valence-corrected chi connectivity index (χ3v) is 4.61. The van der Waals surface area contributed by atoms with Crippen LogP contribution in [0.5, 0.6) is 0 Å². The van der Waals surface area contributed by atoms with Crippen LogP contribution >= 0.6 is 0 Å². The monoisotopic (exact) mass is 354 g/mol. The highest BCUT2D eigenvalue weighted by molar-refractivity contribution is 5.73. The van der Waals surface area contributed by atoms with E-state index in [9.17, 15) is 13.2 Å². The lowest BCUT2D eigenvalue weighted by Gasteiger charge is -2.13. The van der Waals surface area contributed by atoms with Crippen LogP contribution in [0, 0.1) is 12.7 Å². The fourth-order valence-electron chi connectivity index (χ4n) is 3.16. The molecule has 134 valence electrons. The Balaban J connectivity index is 1.94. The molecular weight excluding hydrogens is 333 g/mol. The normalized spacial score (nSPS) is 11.2. The molecule has 0 aliphatic heterocycles. The third-order valence-electron chi connectivity index (χ3n) is 4.61. The van der Waals surface area contributed by atoms with Gasteiger partial charge in [-0.05, 0) is 46.7 Å². The summed E-state index contributed by atoms with van der Waals surface area (Å²) in [5, 5.41) is 0. The minimum atomic E-state index is -2.85. The number of alkyl halides is 2. The molecule has 0 unspecified atom stereocenters. The van der Waals surface area contributed by atoms with E-state index in [4.69, 9.17) is 0 Å². The highest BCUT2D eigenvalue weighted by Gasteiger charge is 2.20. The minimum Gasteiger partial charge on any atom is -0.206 e. The fourth-order valence-corrected chi connectivity index (χ4v) is 3.16. The van der Waals surface area contributed by atoms with Crippen molar-refractivity contribution in [3.8, 4) is 22.3 Å². The maximum absolute atomic E-state index is 14.2. The van der Waals surface area contributed by atoms with Crippen LogP contribution in [-0.4, -0.2) is 0 Å². The van der Waals surface area contributed by atoms with Gasteiger partial charge in [-0.1, -0.05) is 74.0 Å². The molecule has 0 radical (unpaired) electrons. The van der Waals surface area contributed by atoms with E-state index in [0.717, 1.165) is 24.0 Å². The van der Waals surface area contributed by atoms with Gasteiger partial charge in [0.2, 0.25) is 0 Å². The van der Waals surface area contributed by atoms with Gasteiger partial charge >= 0.3 is 0 Å². The molecule has 0 amide bonds. The Morgan fingerprint density at radius 2 is 1.31 bits per heavy atom. The number of rotatable bonds is 5. The molecule has 0 saturated carbocycles. The smallest absolute Gasteiger partial charge is 0.206 e. The van der Waals surface area contributed by atoms with Crippen molar-refractivity contribution >= 4 is 0 Å². The molecule has 3 aromatic carbocycles. The molecule has 26 heavy (non-hydrogen) atoms. The summed E-state index contributed by atoms with van der Waals surface area (Å²) in [6.45, 7) is 3.64. The first kappa shape index (κ1) is 18.2. The van der Waals surface area contributed by atoms with Crippen LogP contribution in [0.4, 0.5) is 13.2 Å². The Kier molecular flexibility index (Phi) is 5.46. The number of aryl methyl sites for hydroxylation is 2. The van der Waals surface area contributed by atoms with Crippen LogP contribution in [0.15, 0.2) is 60.7 Å². The molecular formula is C23H21F3. The van der Waals surface area contributed by atoms with Crippen LogP contribution in [0.2, 0.25) is 0 Å². The van der Waals surface area contributed by atoms with E-state index >= 15 is 0 Å². The molecule has 0 spiro atoms. The van der Waals surface area contributed by atoms with Gasteiger partial charge in [0.1, 0.15) is 5.82 Å². The second kappa shape index (κ2) is 7.77. The molecule has 0 aliphatic carbocycles. The molecule has 0 heterocycles. The Bertz CT molecular complexity index is 879. The van der Waals surface area contributed by atoms with Gasteiger partial charge < -0.3 is 0 Å². The second-order valence-corrected chi connectivity index (χ2v) is 6.48. The first-order valence-corrected chi connectivity index (χ1v) is 8.78. The summed E-state index contributed by atoms with van der Waals surface area (Å²) < 4.78 is 40.9. The average molecular weight is 354 g/mol. The van der Waals surface area contributed by atoms with Gasteiger partial charge in [0.25, 0.3) is 6.43 Å².